The van der Waals surface area contributed by atoms with E-state index in [0.717, 1.165) is 31.1 Å². The molecule has 2 aliphatic rings. The van der Waals surface area contributed by atoms with E-state index < -0.39 is 0 Å². The van der Waals surface area contributed by atoms with Crippen LogP contribution in [0, 0.1) is 0 Å². The van der Waals surface area contributed by atoms with Gasteiger partial charge in [0.2, 0.25) is 0 Å². The molecule has 26 heavy (non-hydrogen) atoms. The van der Waals surface area contributed by atoms with Crippen LogP contribution in [0.5, 0.6) is 5.75 Å². The number of carbonyl (C=O) groups is 1. The fraction of sp³-hybridized carbons (Fsp3) is 0.318. The molecule has 0 radical (unpaired) electrons. The molecule has 1 saturated carbocycles. The van der Waals surface area contributed by atoms with Crippen molar-refractivity contribution in [2.24, 2.45) is 0 Å². The number of rotatable bonds is 4. The standard InChI is InChI=1S/C22H21NO3/c1-25-19-8-4-6-15-13-20(26-21(15)19)22(24)23(16-10-11-16)18-12-9-14-5-2-3-7-17(14)18/h2-8,13,16,18H,9-12H2,1H3. The van der Waals surface area contributed by atoms with Gasteiger partial charge in [-0.1, -0.05) is 36.4 Å². The Kier molecular flexibility index (Phi) is 3.52. The van der Waals surface area contributed by atoms with Gasteiger partial charge in [-0.2, -0.15) is 0 Å². The number of fused-ring (bicyclic) bond motifs is 2. The van der Waals surface area contributed by atoms with Crippen molar-refractivity contribution in [1.29, 1.82) is 0 Å². The maximum atomic E-state index is 13.4. The fourth-order valence-corrected chi connectivity index (χ4v) is 4.17. The van der Waals surface area contributed by atoms with Crippen LogP contribution in [0.15, 0.2) is 52.9 Å². The number of benzene rings is 2. The Morgan fingerprint density at radius 2 is 1.96 bits per heavy atom. The van der Waals surface area contributed by atoms with Crippen LogP contribution in [0.25, 0.3) is 11.0 Å². The topological polar surface area (TPSA) is 42.7 Å². The number of hydrogen-bond donors (Lipinski definition) is 0. The summed E-state index contributed by atoms with van der Waals surface area (Å²) in [4.78, 5) is 15.4. The molecule has 1 atom stereocenters. The quantitative estimate of drug-likeness (QED) is 0.685. The number of methoxy groups -OCH3 is 1. The molecule has 1 aromatic heterocycles. The Labute approximate surface area is 152 Å². The van der Waals surface area contributed by atoms with Crippen LogP contribution in [0.4, 0.5) is 0 Å². The molecule has 2 aromatic carbocycles. The van der Waals surface area contributed by atoms with Crippen molar-refractivity contribution in [1.82, 2.24) is 4.90 Å². The zero-order valence-corrected chi connectivity index (χ0v) is 14.8. The summed E-state index contributed by atoms with van der Waals surface area (Å²) in [5.41, 5.74) is 3.30. The van der Waals surface area contributed by atoms with Gasteiger partial charge in [0.05, 0.1) is 13.2 Å². The second-order valence-electron chi connectivity index (χ2n) is 7.19. The lowest BCUT2D eigenvalue weighted by atomic mass is 10.1. The van der Waals surface area contributed by atoms with Crippen LogP contribution < -0.4 is 4.74 Å². The van der Waals surface area contributed by atoms with Crippen molar-refractivity contribution in [3.8, 4) is 5.75 Å². The van der Waals surface area contributed by atoms with Gasteiger partial charge >= 0.3 is 0 Å². The maximum Gasteiger partial charge on any atom is 0.290 e. The van der Waals surface area contributed by atoms with Crippen LogP contribution in [-0.2, 0) is 6.42 Å². The van der Waals surface area contributed by atoms with E-state index in [1.54, 1.807) is 7.11 Å². The summed E-state index contributed by atoms with van der Waals surface area (Å²) >= 11 is 0. The first kappa shape index (κ1) is 15.5. The van der Waals surface area contributed by atoms with Crippen molar-refractivity contribution in [3.63, 3.8) is 0 Å². The Morgan fingerprint density at radius 1 is 1.12 bits per heavy atom. The summed E-state index contributed by atoms with van der Waals surface area (Å²) < 4.78 is 11.3. The number of ether oxygens (including phenoxy) is 1. The molecule has 4 heteroatoms. The van der Waals surface area contributed by atoms with Crippen molar-refractivity contribution >= 4 is 16.9 Å². The first-order chi connectivity index (χ1) is 12.8. The monoisotopic (exact) mass is 347 g/mol. The van der Waals surface area contributed by atoms with Crippen LogP contribution in [0.1, 0.15) is 47.0 Å². The van der Waals surface area contributed by atoms with E-state index >= 15 is 0 Å². The van der Waals surface area contributed by atoms with E-state index in [-0.39, 0.29) is 11.9 Å². The second kappa shape index (κ2) is 5.90. The van der Waals surface area contributed by atoms with Crippen molar-refractivity contribution < 1.29 is 13.9 Å². The number of hydrogen-bond acceptors (Lipinski definition) is 3. The lowest BCUT2D eigenvalue weighted by Crippen LogP contribution is -2.35. The molecule has 0 bridgehead atoms. The van der Waals surface area contributed by atoms with E-state index in [0.29, 0.717) is 23.1 Å². The van der Waals surface area contributed by atoms with Gasteiger partial charge in [-0.05, 0) is 48.9 Å². The van der Waals surface area contributed by atoms with Crippen LogP contribution in [0.3, 0.4) is 0 Å². The van der Waals surface area contributed by atoms with Gasteiger partial charge in [0, 0.05) is 11.4 Å². The average Bonchev–Trinajstić information content (AvgIpc) is 3.26. The van der Waals surface area contributed by atoms with Crippen LogP contribution in [0.2, 0.25) is 0 Å². The SMILES string of the molecule is COc1cccc2cc(C(=O)N(C3CC3)C3CCc4ccccc43)oc12. The minimum Gasteiger partial charge on any atom is -0.493 e. The number of furan rings is 1. The largest absolute Gasteiger partial charge is 0.493 e. The van der Waals surface area contributed by atoms with Crippen LogP contribution >= 0.6 is 0 Å². The molecule has 3 aromatic rings. The zero-order chi connectivity index (χ0) is 17.7. The van der Waals surface area contributed by atoms with E-state index in [1.165, 1.54) is 11.1 Å². The van der Waals surface area contributed by atoms with Crippen molar-refractivity contribution in [3.05, 3.63) is 65.4 Å². The molecular weight excluding hydrogens is 326 g/mol. The Bertz CT molecular complexity index is 986. The van der Waals surface area contributed by atoms with Gasteiger partial charge in [0.15, 0.2) is 17.1 Å². The number of para-hydroxylation sites is 1. The van der Waals surface area contributed by atoms with E-state index in [2.05, 4.69) is 29.2 Å². The van der Waals surface area contributed by atoms with Gasteiger partial charge in [-0.3, -0.25) is 4.79 Å². The van der Waals surface area contributed by atoms with Gasteiger partial charge in [-0.15, -0.1) is 0 Å². The molecule has 1 amide bonds. The highest BCUT2D eigenvalue weighted by Crippen LogP contribution is 2.43. The minimum absolute atomic E-state index is 0.00699. The van der Waals surface area contributed by atoms with Crippen LogP contribution in [-0.4, -0.2) is 24.0 Å². The molecule has 5 rings (SSSR count). The molecule has 0 saturated heterocycles. The molecule has 0 N–H and O–H groups in total. The van der Waals surface area contributed by atoms with E-state index in [4.69, 9.17) is 9.15 Å². The molecule has 1 fully saturated rings. The van der Waals surface area contributed by atoms with E-state index in [1.807, 2.05) is 24.3 Å². The number of aryl methyl sites for hydroxylation is 1. The first-order valence-electron chi connectivity index (χ1n) is 9.23. The molecule has 0 spiro atoms. The average molecular weight is 347 g/mol. The van der Waals surface area contributed by atoms with Crippen molar-refractivity contribution in [2.45, 2.75) is 37.8 Å². The third-order valence-electron chi connectivity index (χ3n) is 5.55. The van der Waals surface area contributed by atoms with E-state index in [9.17, 15) is 4.79 Å². The van der Waals surface area contributed by atoms with Crippen molar-refractivity contribution in [2.75, 3.05) is 7.11 Å². The van der Waals surface area contributed by atoms with Gasteiger partial charge in [0.1, 0.15) is 0 Å². The highest BCUT2D eigenvalue weighted by Gasteiger charge is 2.41. The predicted octanol–water partition coefficient (Wildman–Crippen LogP) is 4.73. The summed E-state index contributed by atoms with van der Waals surface area (Å²) in [6.07, 6.45) is 4.18. The lowest BCUT2D eigenvalue weighted by Gasteiger charge is -2.29. The highest BCUT2D eigenvalue weighted by molar-refractivity contribution is 5.97. The molecule has 2 aliphatic carbocycles. The minimum atomic E-state index is -0.00699. The Hall–Kier alpha value is -2.75. The Balaban J connectivity index is 1.54. The van der Waals surface area contributed by atoms with Gasteiger partial charge in [-0.25, -0.2) is 0 Å². The smallest absolute Gasteiger partial charge is 0.290 e. The predicted molar refractivity (Wildman–Crippen MR) is 99.5 cm³/mol. The summed E-state index contributed by atoms with van der Waals surface area (Å²) in [5.74, 6) is 1.05. The molecular formula is C22H21NO3. The molecule has 1 heterocycles. The zero-order valence-electron chi connectivity index (χ0n) is 14.8. The third kappa shape index (κ3) is 2.40. The second-order valence-corrected chi connectivity index (χ2v) is 7.19. The molecule has 0 aliphatic heterocycles. The number of nitrogens with zero attached hydrogens (tertiary/aromatic N) is 1. The molecule has 1 unspecified atom stereocenters. The number of amides is 1. The highest BCUT2D eigenvalue weighted by atomic mass is 16.5. The molecule has 4 nitrogen and oxygen atoms in total. The summed E-state index contributed by atoms with van der Waals surface area (Å²) in [6, 6.07) is 16.5. The lowest BCUT2D eigenvalue weighted by molar-refractivity contribution is 0.0627. The molecule has 132 valence electrons. The Morgan fingerprint density at radius 3 is 2.77 bits per heavy atom. The normalized spacial score (nSPS) is 18.7. The maximum absolute atomic E-state index is 13.4. The third-order valence-corrected chi connectivity index (χ3v) is 5.55. The summed E-state index contributed by atoms with van der Waals surface area (Å²) in [6.45, 7) is 0. The summed E-state index contributed by atoms with van der Waals surface area (Å²) in [5, 5.41) is 0.898. The number of carbonyl (C=O) groups excluding carboxylic acids is 1. The fourth-order valence-electron chi connectivity index (χ4n) is 4.17. The first-order valence-corrected chi connectivity index (χ1v) is 9.23. The van der Waals surface area contributed by atoms with Gasteiger partial charge < -0.3 is 14.1 Å². The summed E-state index contributed by atoms with van der Waals surface area (Å²) in [7, 11) is 1.62. The van der Waals surface area contributed by atoms with Gasteiger partial charge in [0.25, 0.3) is 5.91 Å².